The van der Waals surface area contributed by atoms with Crippen molar-refractivity contribution < 1.29 is 14.6 Å². The van der Waals surface area contributed by atoms with Gasteiger partial charge in [-0.05, 0) is 17.7 Å². The molecule has 0 unspecified atom stereocenters. The molecule has 0 heterocycles. The number of benzene rings is 1. The van der Waals surface area contributed by atoms with E-state index in [2.05, 4.69) is 12.6 Å². The summed E-state index contributed by atoms with van der Waals surface area (Å²) in [6.07, 6.45) is 0. The molecule has 0 saturated carbocycles. The minimum atomic E-state index is -0.984. The van der Waals surface area contributed by atoms with Crippen LogP contribution in [0.15, 0.2) is 18.2 Å². The zero-order valence-corrected chi connectivity index (χ0v) is 8.04. The zero-order chi connectivity index (χ0) is 9.84. The Morgan fingerprint density at radius 1 is 1.62 bits per heavy atom. The van der Waals surface area contributed by atoms with Crippen molar-refractivity contribution in [3.8, 4) is 5.75 Å². The van der Waals surface area contributed by atoms with Gasteiger partial charge in [-0.2, -0.15) is 12.6 Å². The van der Waals surface area contributed by atoms with Gasteiger partial charge >= 0.3 is 5.97 Å². The maximum Gasteiger partial charge on any atom is 0.339 e. The number of carbonyl (C=O) groups is 1. The van der Waals surface area contributed by atoms with E-state index >= 15 is 0 Å². The Morgan fingerprint density at radius 2 is 2.31 bits per heavy atom. The van der Waals surface area contributed by atoms with Crippen LogP contribution in [0.3, 0.4) is 0 Å². The lowest BCUT2D eigenvalue weighted by Gasteiger charge is -2.05. The van der Waals surface area contributed by atoms with Crippen LogP contribution in [0.1, 0.15) is 15.9 Å². The van der Waals surface area contributed by atoms with E-state index in [1.807, 2.05) is 0 Å². The summed E-state index contributed by atoms with van der Waals surface area (Å²) in [6.45, 7) is 0. The molecule has 1 aromatic carbocycles. The van der Waals surface area contributed by atoms with Crippen LogP contribution in [-0.2, 0) is 5.75 Å². The predicted octanol–water partition coefficient (Wildman–Crippen LogP) is 1.82. The number of ether oxygens (including phenoxy) is 1. The molecular weight excluding hydrogens is 188 g/mol. The van der Waals surface area contributed by atoms with Gasteiger partial charge in [0.1, 0.15) is 11.3 Å². The minimum absolute atomic E-state index is 0.174. The molecule has 1 aromatic rings. The Bertz CT molecular complexity index is 323. The molecular formula is C9H10O3S. The van der Waals surface area contributed by atoms with E-state index in [1.165, 1.54) is 13.2 Å². The summed E-state index contributed by atoms with van der Waals surface area (Å²) < 4.78 is 4.93. The standard InChI is InChI=1S/C9H10O3S/c1-12-8-4-6(5-13)2-3-7(8)9(10)11/h2-4,13H,5H2,1H3,(H,10,11). The van der Waals surface area contributed by atoms with Crippen molar-refractivity contribution in [3.63, 3.8) is 0 Å². The van der Waals surface area contributed by atoms with Crippen molar-refractivity contribution >= 4 is 18.6 Å². The summed E-state index contributed by atoms with van der Waals surface area (Å²) in [7, 11) is 1.45. The van der Waals surface area contributed by atoms with E-state index < -0.39 is 5.97 Å². The van der Waals surface area contributed by atoms with E-state index in [0.717, 1.165) is 5.56 Å². The van der Waals surface area contributed by atoms with E-state index in [9.17, 15) is 4.79 Å². The fourth-order valence-electron chi connectivity index (χ4n) is 1.01. The second kappa shape index (κ2) is 4.18. The first kappa shape index (κ1) is 9.92. The third-order valence-corrected chi connectivity index (χ3v) is 2.04. The maximum atomic E-state index is 10.7. The quantitative estimate of drug-likeness (QED) is 0.728. The molecule has 0 saturated heterocycles. The molecule has 1 N–H and O–H groups in total. The van der Waals surface area contributed by atoms with Crippen molar-refractivity contribution in [3.05, 3.63) is 29.3 Å². The lowest BCUT2D eigenvalue weighted by atomic mass is 10.1. The molecule has 0 fully saturated rings. The van der Waals surface area contributed by atoms with Gasteiger partial charge in [0.25, 0.3) is 0 Å². The van der Waals surface area contributed by atoms with Crippen LogP contribution >= 0.6 is 12.6 Å². The van der Waals surface area contributed by atoms with E-state index in [-0.39, 0.29) is 5.56 Å². The van der Waals surface area contributed by atoms with Crippen molar-refractivity contribution in [2.45, 2.75) is 5.75 Å². The van der Waals surface area contributed by atoms with Crippen LogP contribution < -0.4 is 4.74 Å². The van der Waals surface area contributed by atoms with Crippen LogP contribution in [0.25, 0.3) is 0 Å². The first-order valence-electron chi connectivity index (χ1n) is 3.70. The molecule has 0 atom stereocenters. The van der Waals surface area contributed by atoms with Gasteiger partial charge in [-0.25, -0.2) is 4.79 Å². The molecule has 0 aliphatic carbocycles. The summed E-state index contributed by atoms with van der Waals surface area (Å²) in [5.74, 6) is -0.0439. The number of methoxy groups -OCH3 is 1. The molecule has 0 amide bonds. The smallest absolute Gasteiger partial charge is 0.339 e. The number of hydrogen-bond acceptors (Lipinski definition) is 3. The van der Waals surface area contributed by atoms with Crippen molar-refractivity contribution in [1.29, 1.82) is 0 Å². The summed E-state index contributed by atoms with van der Waals surface area (Å²) in [5, 5.41) is 8.76. The highest BCUT2D eigenvalue weighted by Crippen LogP contribution is 2.20. The highest BCUT2D eigenvalue weighted by Gasteiger charge is 2.10. The second-order valence-corrected chi connectivity index (χ2v) is 2.81. The summed E-state index contributed by atoms with van der Waals surface area (Å²) >= 11 is 4.08. The van der Waals surface area contributed by atoms with Crippen LogP contribution in [0.2, 0.25) is 0 Å². The predicted molar refractivity (Wildman–Crippen MR) is 52.6 cm³/mol. The first-order chi connectivity index (χ1) is 6.19. The third kappa shape index (κ3) is 2.15. The summed E-state index contributed by atoms with van der Waals surface area (Å²) in [5.41, 5.74) is 1.11. The highest BCUT2D eigenvalue weighted by molar-refractivity contribution is 7.79. The van der Waals surface area contributed by atoms with Crippen molar-refractivity contribution in [2.75, 3.05) is 7.11 Å². The van der Waals surface area contributed by atoms with Gasteiger partial charge in [0.2, 0.25) is 0 Å². The van der Waals surface area contributed by atoms with Gasteiger partial charge in [-0.1, -0.05) is 6.07 Å². The monoisotopic (exact) mass is 198 g/mol. The first-order valence-corrected chi connectivity index (χ1v) is 4.33. The van der Waals surface area contributed by atoms with E-state index in [1.54, 1.807) is 12.1 Å². The Balaban J connectivity index is 3.15. The van der Waals surface area contributed by atoms with Crippen LogP contribution in [-0.4, -0.2) is 18.2 Å². The number of hydrogen-bond donors (Lipinski definition) is 2. The molecule has 0 bridgehead atoms. The molecule has 0 aliphatic heterocycles. The molecule has 0 spiro atoms. The molecule has 0 aromatic heterocycles. The molecule has 13 heavy (non-hydrogen) atoms. The zero-order valence-electron chi connectivity index (χ0n) is 7.15. The average Bonchev–Trinajstić information content (AvgIpc) is 2.16. The van der Waals surface area contributed by atoms with Gasteiger partial charge in [-0.15, -0.1) is 0 Å². The molecule has 70 valence electrons. The number of carboxylic acid groups (broad SMARTS) is 1. The average molecular weight is 198 g/mol. The fourth-order valence-corrected chi connectivity index (χ4v) is 1.21. The largest absolute Gasteiger partial charge is 0.496 e. The van der Waals surface area contributed by atoms with Gasteiger partial charge in [0.05, 0.1) is 7.11 Å². The second-order valence-electron chi connectivity index (χ2n) is 2.50. The maximum absolute atomic E-state index is 10.7. The van der Waals surface area contributed by atoms with Gasteiger partial charge in [0, 0.05) is 5.75 Å². The normalized spacial score (nSPS) is 9.69. The molecule has 0 aliphatic rings. The Hall–Kier alpha value is -1.16. The number of aromatic carboxylic acids is 1. The lowest BCUT2D eigenvalue weighted by Crippen LogP contribution is -2.00. The van der Waals surface area contributed by atoms with Gasteiger partial charge in [-0.3, -0.25) is 0 Å². The van der Waals surface area contributed by atoms with Crippen LogP contribution in [0.5, 0.6) is 5.75 Å². The number of thiol groups is 1. The lowest BCUT2D eigenvalue weighted by molar-refractivity contribution is 0.0693. The van der Waals surface area contributed by atoms with E-state index in [0.29, 0.717) is 11.5 Å². The Morgan fingerprint density at radius 3 is 2.77 bits per heavy atom. The third-order valence-electron chi connectivity index (χ3n) is 1.68. The summed E-state index contributed by atoms with van der Waals surface area (Å²) in [6, 6.07) is 4.92. The fraction of sp³-hybridized carbons (Fsp3) is 0.222. The number of rotatable bonds is 3. The molecule has 4 heteroatoms. The summed E-state index contributed by atoms with van der Waals surface area (Å²) in [4.78, 5) is 10.7. The molecule has 3 nitrogen and oxygen atoms in total. The SMILES string of the molecule is COc1cc(CS)ccc1C(=O)O. The van der Waals surface area contributed by atoms with Crippen LogP contribution in [0.4, 0.5) is 0 Å². The molecule has 1 rings (SSSR count). The molecule has 0 radical (unpaired) electrons. The van der Waals surface area contributed by atoms with Crippen molar-refractivity contribution in [1.82, 2.24) is 0 Å². The van der Waals surface area contributed by atoms with Gasteiger partial charge < -0.3 is 9.84 Å². The van der Waals surface area contributed by atoms with Crippen LogP contribution in [0, 0.1) is 0 Å². The van der Waals surface area contributed by atoms with Crippen molar-refractivity contribution in [2.24, 2.45) is 0 Å². The highest BCUT2D eigenvalue weighted by atomic mass is 32.1. The Kier molecular flexibility index (Phi) is 3.19. The minimum Gasteiger partial charge on any atom is -0.496 e. The number of carboxylic acids is 1. The van der Waals surface area contributed by atoms with Gasteiger partial charge in [0.15, 0.2) is 0 Å². The Labute approximate surface area is 81.8 Å². The topological polar surface area (TPSA) is 46.5 Å². The van der Waals surface area contributed by atoms with E-state index in [4.69, 9.17) is 9.84 Å².